The van der Waals surface area contributed by atoms with Gasteiger partial charge in [-0.1, -0.05) is 25.5 Å². The van der Waals surface area contributed by atoms with E-state index in [2.05, 4.69) is 26.1 Å². The first-order valence-electron chi connectivity index (χ1n) is 6.30. The maximum Gasteiger partial charge on any atom is 0.285 e. The fraction of sp³-hybridized carbons (Fsp3) is 0.231. The van der Waals surface area contributed by atoms with Crippen LogP contribution in [0.2, 0.25) is 0 Å². The number of nitrogens with one attached hydrogen (secondary N) is 2. The highest BCUT2D eigenvalue weighted by molar-refractivity contribution is 9.10. The number of hydrogen-bond donors (Lipinski definition) is 2. The Hall–Kier alpha value is -1.67. The predicted molar refractivity (Wildman–Crippen MR) is 81.4 cm³/mol. The lowest BCUT2D eigenvalue weighted by Gasteiger charge is -2.06. The highest BCUT2D eigenvalue weighted by atomic mass is 79.9. The molecule has 1 amide bonds. The number of halogens is 1. The van der Waals surface area contributed by atoms with E-state index in [1.54, 1.807) is 24.3 Å². The molecule has 2 N–H and O–H groups in total. The van der Waals surface area contributed by atoms with Crippen molar-refractivity contribution in [2.24, 2.45) is 0 Å². The fourth-order valence-electron chi connectivity index (χ4n) is 1.77. The van der Waals surface area contributed by atoms with Crippen molar-refractivity contribution in [3.05, 3.63) is 46.2 Å². The lowest BCUT2D eigenvalue weighted by Crippen LogP contribution is -2.31. The van der Waals surface area contributed by atoms with E-state index in [4.69, 9.17) is 0 Å². The molecule has 0 saturated heterocycles. The Bertz CT molecular complexity index is 756. The average molecular weight is 372 g/mol. The number of carbonyl (C=O) groups excluding carboxylic acids is 1. The zero-order chi connectivity index (χ0) is 15.5. The van der Waals surface area contributed by atoms with Gasteiger partial charge in [-0.2, -0.15) is 5.10 Å². The minimum atomic E-state index is -3.94. The second-order valence-corrected chi connectivity index (χ2v) is 6.90. The molecule has 2 rings (SSSR count). The second-order valence-electron chi connectivity index (χ2n) is 4.39. The topological polar surface area (TPSA) is 91.9 Å². The van der Waals surface area contributed by atoms with Crippen LogP contribution in [0, 0.1) is 0 Å². The van der Waals surface area contributed by atoms with Gasteiger partial charge in [-0.15, -0.1) is 0 Å². The molecule has 8 heteroatoms. The first-order valence-corrected chi connectivity index (χ1v) is 8.57. The Kier molecular flexibility index (Phi) is 4.79. The van der Waals surface area contributed by atoms with Gasteiger partial charge in [-0.25, -0.2) is 13.1 Å². The Balaban J connectivity index is 2.20. The molecule has 0 aliphatic carbocycles. The molecule has 2 aromatic rings. The zero-order valence-corrected chi connectivity index (χ0v) is 13.7. The minimum Gasteiger partial charge on any atom is -0.282 e. The van der Waals surface area contributed by atoms with Crippen LogP contribution in [-0.2, 0) is 16.4 Å². The van der Waals surface area contributed by atoms with E-state index >= 15 is 0 Å². The van der Waals surface area contributed by atoms with Crippen LogP contribution in [0.25, 0.3) is 0 Å². The van der Waals surface area contributed by atoms with Crippen molar-refractivity contribution in [2.75, 3.05) is 0 Å². The second kappa shape index (κ2) is 6.40. The third-order valence-electron chi connectivity index (χ3n) is 2.74. The van der Waals surface area contributed by atoms with Gasteiger partial charge in [0.05, 0.1) is 0 Å². The predicted octanol–water partition coefficient (Wildman–Crippen LogP) is 2.24. The quantitative estimate of drug-likeness (QED) is 0.842. The summed E-state index contributed by atoms with van der Waals surface area (Å²) in [5.74, 6) is -0.760. The van der Waals surface area contributed by atoms with Crippen LogP contribution in [0.5, 0.6) is 0 Å². The van der Waals surface area contributed by atoms with Crippen molar-refractivity contribution < 1.29 is 13.2 Å². The van der Waals surface area contributed by atoms with Crippen LogP contribution in [0.15, 0.2) is 39.7 Å². The average Bonchev–Trinajstić information content (AvgIpc) is 2.88. The minimum absolute atomic E-state index is 0.00247. The molecule has 0 bridgehead atoms. The van der Waals surface area contributed by atoms with E-state index in [0.717, 1.165) is 18.5 Å². The smallest absolute Gasteiger partial charge is 0.282 e. The number of benzene rings is 1. The summed E-state index contributed by atoms with van der Waals surface area (Å²) in [7, 11) is -3.94. The van der Waals surface area contributed by atoms with Gasteiger partial charge in [0.1, 0.15) is 4.90 Å². The summed E-state index contributed by atoms with van der Waals surface area (Å²) in [5.41, 5.74) is 0.843. The van der Waals surface area contributed by atoms with Gasteiger partial charge in [0.25, 0.3) is 15.9 Å². The molecule has 0 spiro atoms. The summed E-state index contributed by atoms with van der Waals surface area (Å²) < 4.78 is 26.7. The van der Waals surface area contributed by atoms with Crippen LogP contribution >= 0.6 is 15.9 Å². The largest absolute Gasteiger partial charge is 0.285 e. The number of aryl methyl sites for hydroxylation is 1. The maximum atomic E-state index is 12.2. The van der Waals surface area contributed by atoms with E-state index in [9.17, 15) is 13.2 Å². The lowest BCUT2D eigenvalue weighted by atomic mass is 10.2. The summed E-state index contributed by atoms with van der Waals surface area (Å²) in [5, 5.41) is 6.53. The van der Waals surface area contributed by atoms with E-state index in [0.29, 0.717) is 4.47 Å². The number of hydrogen-bond acceptors (Lipinski definition) is 4. The van der Waals surface area contributed by atoms with Crippen LogP contribution in [0.1, 0.15) is 29.5 Å². The number of nitrogens with zero attached hydrogens (tertiary/aromatic N) is 1. The molecule has 21 heavy (non-hydrogen) atoms. The number of carbonyl (C=O) groups is 1. The van der Waals surface area contributed by atoms with Gasteiger partial charge in [-0.05, 0) is 40.5 Å². The number of rotatable bonds is 5. The summed E-state index contributed by atoms with van der Waals surface area (Å²) in [6.07, 6.45) is 1.65. The van der Waals surface area contributed by atoms with Crippen molar-refractivity contribution in [1.82, 2.24) is 14.9 Å². The molecule has 0 aliphatic rings. The SMILES string of the molecule is CCCc1cc(C(=O)NS(=O)(=O)c2ccccc2Br)n[nH]1. The maximum absolute atomic E-state index is 12.2. The number of H-pyrrole nitrogens is 1. The highest BCUT2D eigenvalue weighted by Gasteiger charge is 2.22. The molecule has 0 aliphatic heterocycles. The Labute approximate surface area is 131 Å². The molecule has 6 nitrogen and oxygen atoms in total. The third kappa shape index (κ3) is 3.70. The number of amides is 1. The normalized spacial score (nSPS) is 11.3. The highest BCUT2D eigenvalue weighted by Crippen LogP contribution is 2.21. The van der Waals surface area contributed by atoms with Gasteiger partial charge in [0, 0.05) is 10.2 Å². The van der Waals surface area contributed by atoms with Crippen molar-refractivity contribution in [3.63, 3.8) is 0 Å². The number of aromatic amines is 1. The Morgan fingerprint density at radius 3 is 2.76 bits per heavy atom. The molecule has 0 unspecified atom stereocenters. The van der Waals surface area contributed by atoms with E-state index in [1.807, 2.05) is 11.6 Å². The van der Waals surface area contributed by atoms with Gasteiger partial charge < -0.3 is 0 Å². The van der Waals surface area contributed by atoms with Crippen molar-refractivity contribution >= 4 is 31.9 Å². The van der Waals surface area contributed by atoms with Crippen molar-refractivity contribution in [1.29, 1.82) is 0 Å². The molecule has 1 aromatic carbocycles. The Morgan fingerprint density at radius 2 is 2.10 bits per heavy atom. The third-order valence-corrected chi connectivity index (χ3v) is 5.08. The van der Waals surface area contributed by atoms with Gasteiger partial charge in [-0.3, -0.25) is 9.89 Å². The molecule has 1 heterocycles. The van der Waals surface area contributed by atoms with Crippen LogP contribution in [0.3, 0.4) is 0 Å². The Morgan fingerprint density at radius 1 is 1.38 bits per heavy atom. The van der Waals surface area contributed by atoms with Crippen molar-refractivity contribution in [3.8, 4) is 0 Å². The van der Waals surface area contributed by atoms with E-state index in [-0.39, 0.29) is 10.6 Å². The van der Waals surface area contributed by atoms with Gasteiger partial charge in [0.2, 0.25) is 0 Å². The summed E-state index contributed by atoms with van der Waals surface area (Å²) in [6.45, 7) is 2.00. The molecule has 112 valence electrons. The van der Waals surface area contributed by atoms with Crippen LogP contribution < -0.4 is 4.72 Å². The summed E-state index contributed by atoms with van der Waals surface area (Å²) in [6, 6.07) is 7.82. The monoisotopic (exact) mass is 371 g/mol. The van der Waals surface area contributed by atoms with Crippen LogP contribution in [-0.4, -0.2) is 24.5 Å². The molecule has 1 aromatic heterocycles. The van der Waals surface area contributed by atoms with Gasteiger partial charge >= 0.3 is 0 Å². The standard InChI is InChI=1S/C13H14BrN3O3S/c1-2-5-9-8-11(16-15-9)13(18)17-21(19,20)12-7-4-3-6-10(12)14/h3-4,6-8H,2,5H2,1H3,(H,15,16)(H,17,18). The zero-order valence-electron chi connectivity index (χ0n) is 11.3. The molecule has 0 fully saturated rings. The van der Waals surface area contributed by atoms with E-state index in [1.165, 1.54) is 6.07 Å². The first-order chi connectivity index (χ1) is 9.94. The fourth-order valence-corrected chi connectivity index (χ4v) is 3.73. The lowest BCUT2D eigenvalue weighted by molar-refractivity contribution is 0.0976. The summed E-state index contributed by atoms with van der Waals surface area (Å²) in [4.78, 5) is 12.0. The first kappa shape index (κ1) is 15.7. The molecule has 0 radical (unpaired) electrons. The molecule has 0 atom stereocenters. The summed E-state index contributed by atoms with van der Waals surface area (Å²) >= 11 is 3.15. The molecular weight excluding hydrogens is 358 g/mol. The van der Waals surface area contributed by atoms with Crippen molar-refractivity contribution in [2.45, 2.75) is 24.7 Å². The number of aromatic nitrogens is 2. The molecular formula is C13H14BrN3O3S. The van der Waals surface area contributed by atoms with E-state index < -0.39 is 15.9 Å². The van der Waals surface area contributed by atoms with Gasteiger partial charge in [0.15, 0.2) is 5.69 Å². The van der Waals surface area contributed by atoms with Crippen LogP contribution in [0.4, 0.5) is 0 Å². The number of sulfonamides is 1. The molecule has 0 saturated carbocycles.